The molecule has 4 atom stereocenters. The van der Waals surface area contributed by atoms with Crippen molar-refractivity contribution in [2.75, 3.05) is 0 Å². The van der Waals surface area contributed by atoms with Crippen LogP contribution >= 0.6 is 0 Å². The SMILES string of the molecule is CCn1cc(C(=O)C2C(C)OC(C)C2C)cn1. The predicted molar refractivity (Wildman–Crippen MR) is 64.9 cm³/mol. The highest BCUT2D eigenvalue weighted by Crippen LogP contribution is 2.34. The third-order valence-electron chi connectivity index (χ3n) is 3.79. The number of ketones is 1. The zero-order valence-electron chi connectivity index (χ0n) is 10.9. The number of aromatic nitrogens is 2. The molecule has 4 nitrogen and oxygen atoms in total. The van der Waals surface area contributed by atoms with Crippen LogP contribution in [0.3, 0.4) is 0 Å². The van der Waals surface area contributed by atoms with Crippen molar-refractivity contribution in [1.29, 1.82) is 0 Å². The van der Waals surface area contributed by atoms with Gasteiger partial charge in [-0.3, -0.25) is 9.48 Å². The molecule has 1 aromatic rings. The van der Waals surface area contributed by atoms with Gasteiger partial charge in [0.15, 0.2) is 5.78 Å². The Balaban J connectivity index is 2.19. The second kappa shape index (κ2) is 4.61. The van der Waals surface area contributed by atoms with Crippen LogP contribution in [-0.2, 0) is 11.3 Å². The predicted octanol–water partition coefficient (Wildman–Crippen LogP) is 2.15. The molecule has 0 radical (unpaired) electrons. The molecule has 17 heavy (non-hydrogen) atoms. The van der Waals surface area contributed by atoms with E-state index in [1.165, 1.54) is 0 Å². The Hall–Kier alpha value is -1.16. The van der Waals surface area contributed by atoms with Crippen LogP contribution in [0.2, 0.25) is 0 Å². The number of rotatable bonds is 3. The highest BCUT2D eigenvalue weighted by Gasteiger charge is 2.41. The van der Waals surface area contributed by atoms with Crippen molar-refractivity contribution in [3.63, 3.8) is 0 Å². The minimum atomic E-state index is -0.0421. The van der Waals surface area contributed by atoms with Gasteiger partial charge in [0.1, 0.15) is 0 Å². The van der Waals surface area contributed by atoms with E-state index in [2.05, 4.69) is 12.0 Å². The highest BCUT2D eigenvalue weighted by molar-refractivity contribution is 5.98. The third kappa shape index (κ3) is 2.14. The van der Waals surface area contributed by atoms with E-state index in [9.17, 15) is 4.79 Å². The Kier molecular flexibility index (Phi) is 3.33. The van der Waals surface area contributed by atoms with E-state index in [0.717, 1.165) is 6.54 Å². The van der Waals surface area contributed by atoms with Crippen molar-refractivity contribution in [2.24, 2.45) is 11.8 Å². The first-order chi connectivity index (χ1) is 8.04. The molecule has 0 saturated carbocycles. The molecule has 1 saturated heterocycles. The van der Waals surface area contributed by atoms with Crippen LogP contribution in [0.25, 0.3) is 0 Å². The Morgan fingerprint density at radius 1 is 1.41 bits per heavy atom. The van der Waals surface area contributed by atoms with Gasteiger partial charge >= 0.3 is 0 Å². The summed E-state index contributed by atoms with van der Waals surface area (Å²) in [7, 11) is 0. The first kappa shape index (κ1) is 12.3. The zero-order chi connectivity index (χ0) is 12.6. The molecule has 2 rings (SSSR count). The average Bonchev–Trinajstić information content (AvgIpc) is 2.85. The molecule has 94 valence electrons. The van der Waals surface area contributed by atoms with Gasteiger partial charge in [-0.25, -0.2) is 0 Å². The van der Waals surface area contributed by atoms with E-state index in [-0.39, 0.29) is 29.8 Å². The Bertz CT molecular complexity index is 413. The first-order valence-corrected chi connectivity index (χ1v) is 6.26. The number of ether oxygens (including phenoxy) is 1. The van der Waals surface area contributed by atoms with Crippen molar-refractivity contribution < 1.29 is 9.53 Å². The monoisotopic (exact) mass is 236 g/mol. The molecule has 4 unspecified atom stereocenters. The molecule has 4 heteroatoms. The number of carbonyl (C=O) groups excluding carboxylic acids is 1. The van der Waals surface area contributed by atoms with Gasteiger partial charge in [0.25, 0.3) is 0 Å². The fraction of sp³-hybridized carbons (Fsp3) is 0.692. The zero-order valence-corrected chi connectivity index (χ0v) is 10.9. The number of nitrogens with zero attached hydrogens (tertiary/aromatic N) is 2. The molecule has 0 aliphatic carbocycles. The van der Waals surface area contributed by atoms with Crippen molar-refractivity contribution in [3.05, 3.63) is 18.0 Å². The maximum atomic E-state index is 12.4. The molecule has 0 bridgehead atoms. The molecule has 2 heterocycles. The minimum absolute atomic E-state index is 0.00234. The van der Waals surface area contributed by atoms with Gasteiger partial charge < -0.3 is 4.74 Å². The molecular formula is C13H20N2O2. The number of aryl methyl sites for hydroxylation is 1. The van der Waals surface area contributed by atoms with Crippen LogP contribution in [0, 0.1) is 11.8 Å². The van der Waals surface area contributed by atoms with E-state index >= 15 is 0 Å². The lowest BCUT2D eigenvalue weighted by Crippen LogP contribution is -2.26. The minimum Gasteiger partial charge on any atom is -0.374 e. The van der Waals surface area contributed by atoms with Gasteiger partial charge in [0, 0.05) is 12.7 Å². The molecule has 1 fully saturated rings. The standard InChI is InChI=1S/C13H20N2O2/c1-5-15-7-11(6-14-15)13(16)12-8(2)9(3)17-10(12)4/h6-10,12H,5H2,1-4H3. The average molecular weight is 236 g/mol. The molecule has 1 aliphatic heterocycles. The third-order valence-corrected chi connectivity index (χ3v) is 3.79. The molecule has 0 aromatic carbocycles. The van der Waals surface area contributed by atoms with Crippen LogP contribution in [-0.4, -0.2) is 27.8 Å². The van der Waals surface area contributed by atoms with Crippen molar-refractivity contribution in [3.8, 4) is 0 Å². The second-order valence-electron chi connectivity index (χ2n) is 4.88. The Morgan fingerprint density at radius 2 is 2.12 bits per heavy atom. The number of hydrogen-bond donors (Lipinski definition) is 0. The highest BCUT2D eigenvalue weighted by atomic mass is 16.5. The van der Waals surface area contributed by atoms with Crippen LogP contribution in [0.5, 0.6) is 0 Å². The summed E-state index contributed by atoms with van der Waals surface area (Å²) in [6, 6.07) is 0. The van der Waals surface area contributed by atoms with E-state index in [4.69, 9.17) is 4.74 Å². The smallest absolute Gasteiger partial charge is 0.172 e. The number of Topliss-reactive ketones (excluding diaryl/α,β-unsaturated/α-hetero) is 1. The van der Waals surface area contributed by atoms with Crippen molar-refractivity contribution in [1.82, 2.24) is 9.78 Å². The maximum Gasteiger partial charge on any atom is 0.172 e. The van der Waals surface area contributed by atoms with E-state index < -0.39 is 0 Å². The summed E-state index contributed by atoms with van der Waals surface area (Å²) < 4.78 is 7.49. The molecule has 1 aromatic heterocycles. The van der Waals surface area contributed by atoms with Crippen LogP contribution < -0.4 is 0 Å². The van der Waals surface area contributed by atoms with Crippen molar-refractivity contribution >= 4 is 5.78 Å². The molecule has 0 spiro atoms. The number of carbonyl (C=O) groups is 1. The molecule has 0 N–H and O–H groups in total. The molecule has 1 aliphatic rings. The van der Waals surface area contributed by atoms with Gasteiger partial charge in [0.2, 0.25) is 0 Å². The first-order valence-electron chi connectivity index (χ1n) is 6.26. The summed E-state index contributed by atoms with van der Waals surface area (Å²) in [5.74, 6) is 0.385. The summed E-state index contributed by atoms with van der Waals surface area (Å²) in [6.07, 6.45) is 3.64. The summed E-state index contributed by atoms with van der Waals surface area (Å²) >= 11 is 0. The fourth-order valence-electron chi connectivity index (χ4n) is 2.57. The number of hydrogen-bond acceptors (Lipinski definition) is 3. The Labute approximate surface area is 102 Å². The summed E-state index contributed by atoms with van der Waals surface area (Å²) in [5.41, 5.74) is 0.702. The quantitative estimate of drug-likeness (QED) is 0.755. The van der Waals surface area contributed by atoms with Gasteiger partial charge in [-0.05, 0) is 26.7 Å². The van der Waals surface area contributed by atoms with Crippen LogP contribution in [0.4, 0.5) is 0 Å². The van der Waals surface area contributed by atoms with E-state index in [1.54, 1.807) is 10.9 Å². The Morgan fingerprint density at radius 3 is 2.59 bits per heavy atom. The van der Waals surface area contributed by atoms with E-state index in [1.807, 2.05) is 27.0 Å². The summed E-state index contributed by atoms with van der Waals surface area (Å²) in [4.78, 5) is 12.4. The van der Waals surface area contributed by atoms with Crippen LogP contribution in [0.15, 0.2) is 12.4 Å². The maximum absolute atomic E-state index is 12.4. The fourth-order valence-corrected chi connectivity index (χ4v) is 2.57. The lowest BCUT2D eigenvalue weighted by molar-refractivity contribution is 0.0491. The van der Waals surface area contributed by atoms with Crippen LogP contribution in [0.1, 0.15) is 38.1 Å². The van der Waals surface area contributed by atoms with Gasteiger partial charge in [0.05, 0.1) is 29.9 Å². The molecule has 0 amide bonds. The second-order valence-corrected chi connectivity index (χ2v) is 4.88. The lowest BCUT2D eigenvalue weighted by atomic mass is 9.84. The van der Waals surface area contributed by atoms with Gasteiger partial charge in [-0.15, -0.1) is 0 Å². The summed E-state index contributed by atoms with van der Waals surface area (Å²) in [5, 5.41) is 4.15. The largest absolute Gasteiger partial charge is 0.374 e. The molecular weight excluding hydrogens is 216 g/mol. The van der Waals surface area contributed by atoms with Gasteiger partial charge in [-0.1, -0.05) is 6.92 Å². The van der Waals surface area contributed by atoms with Gasteiger partial charge in [-0.2, -0.15) is 5.10 Å². The topological polar surface area (TPSA) is 44.1 Å². The van der Waals surface area contributed by atoms with E-state index in [0.29, 0.717) is 5.56 Å². The normalized spacial score (nSPS) is 32.9. The summed E-state index contributed by atoms with van der Waals surface area (Å²) in [6.45, 7) is 8.89. The lowest BCUT2D eigenvalue weighted by Gasteiger charge is -2.15. The van der Waals surface area contributed by atoms with Crippen molar-refractivity contribution in [2.45, 2.75) is 46.4 Å².